The number of hydrogen-bond donors (Lipinski definition) is 1. The quantitative estimate of drug-likeness (QED) is 0.179. The van der Waals surface area contributed by atoms with Crippen molar-refractivity contribution in [2.24, 2.45) is 0 Å². The van der Waals surface area contributed by atoms with Crippen LogP contribution in [0, 0.1) is 13.8 Å². The number of benzene rings is 4. The molecule has 0 radical (unpaired) electrons. The van der Waals surface area contributed by atoms with E-state index in [0.29, 0.717) is 12.2 Å². The lowest BCUT2D eigenvalue weighted by atomic mass is 10.0. The molecule has 2 unspecified atom stereocenters. The lowest BCUT2D eigenvalue weighted by Gasteiger charge is -2.26. The van der Waals surface area contributed by atoms with Gasteiger partial charge in [0, 0.05) is 17.1 Å². The van der Waals surface area contributed by atoms with Crippen LogP contribution in [0.4, 0.5) is 17.1 Å². The first-order valence-corrected chi connectivity index (χ1v) is 12.6. The van der Waals surface area contributed by atoms with Gasteiger partial charge in [0.1, 0.15) is 12.4 Å². The van der Waals surface area contributed by atoms with Crippen molar-refractivity contribution in [1.82, 2.24) is 0 Å². The summed E-state index contributed by atoms with van der Waals surface area (Å²) < 4.78 is 11.3. The van der Waals surface area contributed by atoms with E-state index in [1.807, 2.05) is 19.1 Å². The predicted octanol–water partition coefficient (Wildman–Crippen LogP) is 8.12. The average molecular weight is 494 g/mol. The van der Waals surface area contributed by atoms with Gasteiger partial charge in [-0.25, -0.2) is 0 Å². The Balaban J connectivity index is 1.48. The smallest absolute Gasteiger partial charge is 0.177 e. The molecular weight excluding hydrogens is 458 g/mol. The maximum Gasteiger partial charge on any atom is 0.177 e. The summed E-state index contributed by atoms with van der Waals surface area (Å²) >= 11 is 0. The third-order valence-electron chi connectivity index (χ3n) is 6.16. The molecule has 0 saturated carbocycles. The van der Waals surface area contributed by atoms with Gasteiger partial charge in [0.15, 0.2) is 6.29 Å². The molecule has 0 heterocycles. The largest absolute Gasteiger partial charge is 0.491 e. The van der Waals surface area contributed by atoms with E-state index in [0.717, 1.165) is 33.9 Å². The second-order valence-corrected chi connectivity index (χ2v) is 9.53. The van der Waals surface area contributed by atoms with E-state index in [1.54, 1.807) is 6.92 Å². The van der Waals surface area contributed by atoms with Gasteiger partial charge in [-0.1, -0.05) is 66.2 Å². The molecule has 1 N–H and O–H groups in total. The number of aliphatic hydroxyl groups excluding tert-OH is 1. The first kappa shape index (κ1) is 26.2. The van der Waals surface area contributed by atoms with Gasteiger partial charge in [-0.15, -0.1) is 0 Å². The normalized spacial score (nSPS) is 12.6. The Bertz CT molecular complexity index is 1250. The van der Waals surface area contributed by atoms with E-state index in [1.165, 1.54) is 11.1 Å². The van der Waals surface area contributed by atoms with Gasteiger partial charge < -0.3 is 19.5 Å². The number of rotatable bonds is 10. The predicted molar refractivity (Wildman–Crippen MR) is 153 cm³/mol. The van der Waals surface area contributed by atoms with Crippen LogP contribution >= 0.6 is 0 Å². The lowest BCUT2D eigenvalue weighted by Crippen LogP contribution is -2.25. The van der Waals surface area contributed by atoms with Gasteiger partial charge >= 0.3 is 0 Å². The van der Waals surface area contributed by atoms with Crippen LogP contribution in [0.2, 0.25) is 0 Å². The Morgan fingerprint density at radius 2 is 1.14 bits per heavy atom. The van der Waals surface area contributed by atoms with Crippen molar-refractivity contribution in [2.75, 3.05) is 11.5 Å². The highest BCUT2D eigenvalue weighted by atomic mass is 16.6. The summed E-state index contributed by atoms with van der Waals surface area (Å²) in [6.45, 7) is 11.8. The third kappa shape index (κ3) is 6.88. The van der Waals surface area contributed by atoms with Crippen LogP contribution in [0.1, 0.15) is 25.0 Å². The Labute approximate surface area is 220 Å². The second-order valence-electron chi connectivity index (χ2n) is 9.53. The van der Waals surface area contributed by atoms with E-state index in [4.69, 9.17) is 9.47 Å². The highest BCUT2D eigenvalue weighted by molar-refractivity contribution is 5.78. The first-order chi connectivity index (χ1) is 17.8. The van der Waals surface area contributed by atoms with Gasteiger partial charge in [-0.2, -0.15) is 0 Å². The van der Waals surface area contributed by atoms with Crippen molar-refractivity contribution in [3.8, 4) is 16.9 Å². The minimum Gasteiger partial charge on any atom is -0.491 e. The SMILES string of the molecule is C=C(C)C(O)OC(C)COc1ccc(-c2ccc(N(c3ccc(C)cc3)c3ccc(C)cc3)cc2)cc1. The number of nitrogens with zero attached hydrogens (tertiary/aromatic N) is 1. The zero-order chi connectivity index (χ0) is 26.4. The van der Waals surface area contributed by atoms with Crippen molar-refractivity contribution in [3.63, 3.8) is 0 Å². The third-order valence-corrected chi connectivity index (χ3v) is 6.16. The molecule has 0 amide bonds. The van der Waals surface area contributed by atoms with E-state index < -0.39 is 6.29 Å². The number of aryl methyl sites for hydroxylation is 2. The molecule has 0 spiro atoms. The highest BCUT2D eigenvalue weighted by Gasteiger charge is 2.13. The molecule has 2 atom stereocenters. The molecule has 4 aromatic rings. The van der Waals surface area contributed by atoms with Crippen LogP contribution in [-0.4, -0.2) is 24.1 Å². The number of anilines is 3. The average Bonchev–Trinajstić information content (AvgIpc) is 2.90. The lowest BCUT2D eigenvalue weighted by molar-refractivity contribution is -0.115. The van der Waals surface area contributed by atoms with Crippen molar-refractivity contribution in [3.05, 3.63) is 120 Å². The van der Waals surface area contributed by atoms with Crippen LogP contribution in [0.5, 0.6) is 5.75 Å². The number of ether oxygens (including phenoxy) is 2. The summed E-state index contributed by atoms with van der Waals surface area (Å²) in [5.74, 6) is 0.755. The van der Waals surface area contributed by atoms with E-state index in [2.05, 4.69) is 110 Å². The molecule has 37 heavy (non-hydrogen) atoms. The zero-order valence-corrected chi connectivity index (χ0v) is 22.0. The number of hydrogen-bond acceptors (Lipinski definition) is 4. The molecule has 0 aliphatic carbocycles. The fourth-order valence-corrected chi connectivity index (χ4v) is 3.97. The van der Waals surface area contributed by atoms with E-state index in [9.17, 15) is 5.11 Å². The Kier molecular flexibility index (Phi) is 8.44. The molecule has 0 aliphatic rings. The van der Waals surface area contributed by atoms with Crippen LogP contribution in [-0.2, 0) is 4.74 Å². The zero-order valence-electron chi connectivity index (χ0n) is 22.0. The van der Waals surface area contributed by atoms with Gasteiger partial charge in [0.05, 0.1) is 6.10 Å². The summed E-state index contributed by atoms with van der Waals surface area (Å²) in [4.78, 5) is 2.27. The molecule has 0 aliphatic heterocycles. The standard InChI is InChI=1S/C33H35NO3/c1-23(2)33(35)37-26(5)22-36-32-20-12-28(13-21-32)27-10-18-31(19-11-27)34(29-14-6-24(3)7-15-29)30-16-8-25(4)9-17-30/h6-21,26,33,35H,1,22H2,2-5H3. The summed E-state index contributed by atoms with van der Waals surface area (Å²) in [6, 6.07) is 33.8. The summed E-state index contributed by atoms with van der Waals surface area (Å²) in [7, 11) is 0. The Morgan fingerprint density at radius 3 is 1.57 bits per heavy atom. The van der Waals surface area contributed by atoms with Crippen molar-refractivity contribution in [2.45, 2.75) is 40.1 Å². The molecule has 4 nitrogen and oxygen atoms in total. The Morgan fingerprint density at radius 1 is 0.730 bits per heavy atom. The highest BCUT2D eigenvalue weighted by Crippen LogP contribution is 2.36. The van der Waals surface area contributed by atoms with Gasteiger partial charge in [-0.05, 0) is 92.9 Å². The molecule has 4 heteroatoms. The topological polar surface area (TPSA) is 41.9 Å². The van der Waals surface area contributed by atoms with E-state index >= 15 is 0 Å². The van der Waals surface area contributed by atoms with Crippen molar-refractivity contribution < 1.29 is 14.6 Å². The minimum atomic E-state index is -0.975. The molecule has 190 valence electrons. The second kappa shape index (κ2) is 11.9. The summed E-state index contributed by atoms with van der Waals surface area (Å²) in [5, 5.41) is 9.78. The van der Waals surface area contributed by atoms with Gasteiger partial charge in [-0.3, -0.25) is 0 Å². The van der Waals surface area contributed by atoms with Gasteiger partial charge in [0.2, 0.25) is 0 Å². The molecule has 0 fully saturated rings. The molecule has 4 rings (SSSR count). The molecule has 4 aromatic carbocycles. The van der Waals surface area contributed by atoms with Crippen LogP contribution in [0.3, 0.4) is 0 Å². The minimum absolute atomic E-state index is 0.260. The maximum atomic E-state index is 9.78. The summed E-state index contributed by atoms with van der Waals surface area (Å²) in [5.41, 5.74) is 8.63. The monoisotopic (exact) mass is 493 g/mol. The Hall–Kier alpha value is -3.86. The molecular formula is C33H35NO3. The molecule has 0 bridgehead atoms. The maximum absolute atomic E-state index is 9.78. The van der Waals surface area contributed by atoms with Crippen LogP contribution in [0.25, 0.3) is 11.1 Å². The van der Waals surface area contributed by atoms with Crippen molar-refractivity contribution in [1.29, 1.82) is 0 Å². The van der Waals surface area contributed by atoms with Crippen LogP contribution in [0.15, 0.2) is 109 Å². The van der Waals surface area contributed by atoms with Gasteiger partial charge in [0.25, 0.3) is 0 Å². The molecule has 0 aromatic heterocycles. The first-order valence-electron chi connectivity index (χ1n) is 12.6. The number of aliphatic hydroxyl groups is 1. The summed E-state index contributed by atoms with van der Waals surface area (Å²) in [6.07, 6.45) is -1.24. The van der Waals surface area contributed by atoms with Crippen molar-refractivity contribution >= 4 is 17.1 Å². The van der Waals surface area contributed by atoms with E-state index in [-0.39, 0.29) is 6.10 Å². The fraction of sp³-hybridized carbons (Fsp3) is 0.212. The molecule has 0 saturated heterocycles. The fourth-order valence-electron chi connectivity index (χ4n) is 3.97. The van der Waals surface area contributed by atoms with Crippen LogP contribution < -0.4 is 9.64 Å².